The molecule has 1 aliphatic carbocycles. The van der Waals surface area contributed by atoms with Crippen LogP contribution in [-0.2, 0) is 6.54 Å². The fourth-order valence-electron chi connectivity index (χ4n) is 3.61. The van der Waals surface area contributed by atoms with Crippen LogP contribution >= 0.6 is 11.6 Å². The minimum Gasteiger partial charge on any atom is -0.628 e. The van der Waals surface area contributed by atoms with E-state index in [4.69, 9.17) is 17.3 Å². The molecule has 1 aromatic carbocycles. The molecule has 1 aromatic heterocycles. The number of anilines is 2. The Morgan fingerprint density at radius 1 is 1.11 bits per heavy atom. The number of hydrogen-bond acceptors (Lipinski definition) is 6. The average Bonchev–Trinajstić information content (AvgIpc) is 2.72. The number of rotatable bonds is 8. The zero-order valence-electron chi connectivity index (χ0n) is 15.8. The second-order valence-corrected chi connectivity index (χ2v) is 7.76. The van der Waals surface area contributed by atoms with Crippen molar-refractivity contribution in [2.45, 2.75) is 32.2 Å². The highest BCUT2D eigenvalue weighted by Gasteiger charge is 2.20. The summed E-state index contributed by atoms with van der Waals surface area (Å²) >= 11 is 6.18. The van der Waals surface area contributed by atoms with E-state index in [9.17, 15) is 10.4 Å². The summed E-state index contributed by atoms with van der Waals surface area (Å²) in [5.74, 6) is 1.72. The van der Waals surface area contributed by atoms with Crippen LogP contribution in [0.4, 0.5) is 17.2 Å². The van der Waals surface area contributed by atoms with E-state index in [2.05, 4.69) is 15.6 Å². The van der Waals surface area contributed by atoms with Crippen molar-refractivity contribution in [3.8, 4) is 0 Å². The van der Waals surface area contributed by atoms with E-state index in [1.54, 1.807) is 6.07 Å². The van der Waals surface area contributed by atoms with Crippen molar-refractivity contribution in [1.29, 1.82) is 0 Å². The highest BCUT2D eigenvalue weighted by molar-refractivity contribution is 6.31. The van der Waals surface area contributed by atoms with Crippen LogP contribution in [0.3, 0.4) is 0 Å². The third-order valence-corrected chi connectivity index (χ3v) is 5.79. The van der Waals surface area contributed by atoms with E-state index in [1.165, 1.54) is 6.20 Å². The summed E-state index contributed by atoms with van der Waals surface area (Å²) in [6.07, 6.45) is 5.82. The number of pyridine rings is 1. The lowest BCUT2D eigenvalue weighted by molar-refractivity contribution is -0.714. The van der Waals surface area contributed by atoms with Crippen LogP contribution in [0, 0.1) is 22.3 Å². The minimum atomic E-state index is -1.24. The fraction of sp³-hybridized carbons (Fsp3) is 0.450. The van der Waals surface area contributed by atoms with Gasteiger partial charge < -0.3 is 32.0 Å². The molecule has 1 heterocycles. The van der Waals surface area contributed by atoms with Gasteiger partial charge in [0.1, 0.15) is 11.5 Å². The summed E-state index contributed by atoms with van der Waals surface area (Å²) in [4.78, 5) is 4.19. The maximum absolute atomic E-state index is 11.4. The van der Waals surface area contributed by atoms with Gasteiger partial charge >= 0.3 is 0 Å². The van der Waals surface area contributed by atoms with Crippen molar-refractivity contribution >= 4 is 28.8 Å². The van der Waals surface area contributed by atoms with Crippen molar-refractivity contribution in [1.82, 2.24) is 4.98 Å². The van der Waals surface area contributed by atoms with E-state index in [0.717, 1.165) is 44.3 Å². The first-order chi connectivity index (χ1) is 13.6. The van der Waals surface area contributed by atoms with Crippen LogP contribution in [0.2, 0.25) is 5.02 Å². The molecule has 0 unspecified atom stereocenters. The topological polar surface area (TPSA) is 114 Å². The summed E-state index contributed by atoms with van der Waals surface area (Å²) in [5.41, 5.74) is 7.29. The number of halogens is 1. The molecule has 0 spiro atoms. The van der Waals surface area contributed by atoms with Crippen molar-refractivity contribution in [3.05, 3.63) is 57.5 Å². The quantitative estimate of drug-likeness (QED) is 0.503. The number of hydrogen-bond donors (Lipinski definition) is 4. The molecule has 1 saturated carbocycles. The first-order valence-electron chi connectivity index (χ1n) is 9.69. The fourth-order valence-corrected chi connectivity index (χ4v) is 3.82. The van der Waals surface area contributed by atoms with Crippen LogP contribution in [0.25, 0.3) is 0 Å². The van der Waals surface area contributed by atoms with Crippen molar-refractivity contribution in [3.63, 3.8) is 0 Å². The van der Waals surface area contributed by atoms with Crippen molar-refractivity contribution in [2.24, 2.45) is 17.6 Å². The van der Waals surface area contributed by atoms with Gasteiger partial charge in [-0.1, -0.05) is 29.8 Å². The zero-order chi connectivity index (χ0) is 19.9. The average molecular weight is 405 g/mol. The molecule has 152 valence electrons. The molecular formula is C20H27ClN5O2-. The molecule has 0 amide bonds. The molecule has 0 aliphatic heterocycles. The summed E-state index contributed by atoms with van der Waals surface area (Å²) < 4.78 is 0. The van der Waals surface area contributed by atoms with Gasteiger partial charge in [-0.25, -0.2) is 4.98 Å². The lowest BCUT2D eigenvalue weighted by Crippen LogP contribution is -2.96. The normalized spacial score (nSPS) is 19.6. The first kappa shape index (κ1) is 20.8. The number of nitrogens with two attached hydrogens (primary N) is 1. The monoisotopic (exact) mass is 404 g/mol. The van der Waals surface area contributed by atoms with E-state index in [1.807, 2.05) is 24.3 Å². The maximum Gasteiger partial charge on any atom is 0.173 e. The van der Waals surface area contributed by atoms with Crippen molar-refractivity contribution < 1.29 is 5.23 Å². The third-order valence-electron chi connectivity index (χ3n) is 5.42. The van der Waals surface area contributed by atoms with Crippen LogP contribution in [0.5, 0.6) is 0 Å². The van der Waals surface area contributed by atoms with E-state index in [0.29, 0.717) is 34.9 Å². The minimum absolute atomic E-state index is 0.0685. The standard InChI is InChI=1S/C20H27ClN5O2/c21-17-4-2-1-3-16(17)12-24-20-9-18(19(13-25-20)26(27)28)23-11-15-7-5-14(10-22)6-8-15/h1-4,9,13-15,26H,5-8,10-12,22H2,(H2,23,24,25)/q-1. The number of benzene rings is 1. The lowest BCUT2D eigenvalue weighted by Gasteiger charge is -2.30. The highest BCUT2D eigenvalue weighted by Crippen LogP contribution is 2.29. The third kappa shape index (κ3) is 5.56. The Morgan fingerprint density at radius 3 is 2.50 bits per heavy atom. The Labute approximate surface area is 170 Å². The van der Waals surface area contributed by atoms with Gasteiger partial charge in [0.25, 0.3) is 0 Å². The number of aromatic nitrogens is 1. The molecule has 8 heteroatoms. The van der Waals surface area contributed by atoms with Gasteiger partial charge in [0.15, 0.2) is 5.69 Å². The van der Waals surface area contributed by atoms with E-state index >= 15 is 0 Å². The van der Waals surface area contributed by atoms with Gasteiger partial charge in [-0.2, -0.15) is 0 Å². The zero-order valence-corrected chi connectivity index (χ0v) is 16.5. The molecule has 28 heavy (non-hydrogen) atoms. The lowest BCUT2D eigenvalue weighted by atomic mass is 9.82. The molecule has 0 atom stereocenters. The summed E-state index contributed by atoms with van der Waals surface area (Å²) in [5, 5.41) is 28.8. The Bertz CT molecular complexity index is 766. The Morgan fingerprint density at radius 2 is 1.82 bits per heavy atom. The number of quaternary nitrogens is 1. The summed E-state index contributed by atoms with van der Waals surface area (Å²) in [6.45, 7) is 1.98. The largest absolute Gasteiger partial charge is 0.628 e. The van der Waals surface area contributed by atoms with Crippen LogP contribution in [0.1, 0.15) is 31.2 Å². The van der Waals surface area contributed by atoms with Gasteiger partial charge in [-0.15, -0.1) is 0 Å². The molecular weight excluding hydrogens is 378 g/mol. The van der Waals surface area contributed by atoms with Gasteiger partial charge in [0.05, 0.1) is 6.20 Å². The van der Waals surface area contributed by atoms with Crippen LogP contribution < -0.4 is 21.6 Å². The molecule has 1 fully saturated rings. The number of nitrogens with zero attached hydrogens (tertiary/aromatic N) is 1. The van der Waals surface area contributed by atoms with Crippen LogP contribution in [0.15, 0.2) is 36.5 Å². The predicted octanol–water partition coefficient (Wildman–Crippen LogP) is 3.04. The molecule has 1 aliphatic rings. The Kier molecular flexibility index (Phi) is 7.47. The number of nitrogens with one attached hydrogen (secondary N) is 3. The summed E-state index contributed by atoms with van der Waals surface area (Å²) in [7, 11) is 0. The van der Waals surface area contributed by atoms with Gasteiger partial charge in [0, 0.05) is 24.2 Å². The second-order valence-electron chi connectivity index (χ2n) is 7.35. The van der Waals surface area contributed by atoms with Gasteiger partial charge in [-0.3, -0.25) is 0 Å². The van der Waals surface area contributed by atoms with Gasteiger partial charge in [-0.05, 0) is 55.7 Å². The van der Waals surface area contributed by atoms with Crippen molar-refractivity contribution in [2.75, 3.05) is 23.7 Å². The molecule has 0 radical (unpaired) electrons. The Hall–Kier alpha value is -1.90. The van der Waals surface area contributed by atoms with E-state index in [-0.39, 0.29) is 5.69 Å². The second kappa shape index (κ2) is 10.0. The molecule has 0 bridgehead atoms. The highest BCUT2D eigenvalue weighted by atomic mass is 35.5. The SMILES string of the molecule is NCC1CCC(CNc2cc(NCc3ccccc3Cl)ncc2[NH+]([O-])[O-])CC1. The molecule has 0 saturated heterocycles. The maximum atomic E-state index is 11.4. The first-order valence-corrected chi connectivity index (χ1v) is 10.1. The predicted molar refractivity (Wildman–Crippen MR) is 113 cm³/mol. The molecule has 7 nitrogen and oxygen atoms in total. The van der Waals surface area contributed by atoms with Crippen LogP contribution in [-0.4, -0.2) is 18.1 Å². The molecule has 5 N–H and O–H groups in total. The molecule has 3 rings (SSSR count). The van der Waals surface area contributed by atoms with Gasteiger partial charge in [0.2, 0.25) is 0 Å². The van der Waals surface area contributed by atoms with E-state index < -0.39 is 5.23 Å². The molecule has 2 aromatic rings. The Balaban J connectivity index is 1.63. The smallest absolute Gasteiger partial charge is 0.173 e. The summed E-state index contributed by atoms with van der Waals surface area (Å²) in [6, 6.07) is 9.27.